The molecule has 3 aromatic rings. The first kappa shape index (κ1) is 20.7. The third-order valence-corrected chi connectivity index (χ3v) is 4.50. The molecule has 0 unspecified atom stereocenters. The molecule has 0 aliphatic carbocycles. The van der Waals surface area contributed by atoms with E-state index in [1.807, 2.05) is 35.0 Å². The van der Waals surface area contributed by atoms with Crippen LogP contribution in [-0.4, -0.2) is 15.5 Å². The van der Waals surface area contributed by atoms with Gasteiger partial charge in [-0.05, 0) is 41.0 Å². The molecule has 0 fully saturated rings. The number of carbonyl (C=O) groups excluding carboxylic acids is 1. The van der Waals surface area contributed by atoms with Crippen molar-refractivity contribution in [3.63, 3.8) is 0 Å². The van der Waals surface area contributed by atoms with Gasteiger partial charge in [0.2, 0.25) is 5.91 Å². The molecule has 3 rings (SSSR count). The number of imidazole rings is 1. The molecule has 0 radical (unpaired) electrons. The Hall–Kier alpha value is -3.06. The second kappa shape index (κ2) is 8.96. The number of nitrogens with one attached hydrogen (secondary N) is 1. The van der Waals surface area contributed by atoms with Gasteiger partial charge in [0, 0.05) is 36.6 Å². The Morgan fingerprint density at radius 3 is 2.52 bits per heavy atom. The molecule has 2 aromatic carbocycles. The third kappa shape index (κ3) is 5.96. The zero-order valence-electron chi connectivity index (χ0n) is 15.2. The lowest BCUT2D eigenvalue weighted by molar-refractivity contribution is -0.137. The zero-order chi connectivity index (χ0) is 20.9. The summed E-state index contributed by atoms with van der Waals surface area (Å²) in [5.74, 6) is -0.430. The molecule has 8 heteroatoms. The zero-order valence-corrected chi connectivity index (χ0v) is 15.9. The highest BCUT2D eigenvalue weighted by molar-refractivity contribution is 6.32. The molecule has 0 saturated carbocycles. The van der Waals surface area contributed by atoms with Gasteiger partial charge in [0.1, 0.15) is 0 Å². The van der Waals surface area contributed by atoms with E-state index in [-0.39, 0.29) is 10.6 Å². The maximum atomic E-state index is 12.8. The summed E-state index contributed by atoms with van der Waals surface area (Å²) in [4.78, 5) is 16.0. The van der Waals surface area contributed by atoms with Crippen molar-refractivity contribution in [3.8, 4) is 0 Å². The van der Waals surface area contributed by atoms with Gasteiger partial charge in [-0.25, -0.2) is 4.98 Å². The highest BCUT2D eigenvalue weighted by Gasteiger charge is 2.30. The second-order valence-electron chi connectivity index (χ2n) is 6.34. The van der Waals surface area contributed by atoms with Crippen LogP contribution < -0.4 is 5.32 Å². The first-order valence-electron chi connectivity index (χ1n) is 8.67. The molecule has 0 bridgehead atoms. The predicted molar refractivity (Wildman–Crippen MR) is 105 cm³/mol. The minimum Gasteiger partial charge on any atom is -0.348 e. The lowest BCUT2D eigenvalue weighted by atomic mass is 10.1. The summed E-state index contributed by atoms with van der Waals surface area (Å²) < 4.78 is 40.3. The van der Waals surface area contributed by atoms with Gasteiger partial charge in [-0.2, -0.15) is 13.2 Å². The van der Waals surface area contributed by atoms with Gasteiger partial charge in [0.05, 0.1) is 11.9 Å². The number of halogens is 4. The van der Waals surface area contributed by atoms with E-state index in [1.165, 1.54) is 6.08 Å². The van der Waals surface area contributed by atoms with Crippen LogP contribution in [-0.2, 0) is 24.1 Å². The monoisotopic (exact) mass is 419 g/mol. The van der Waals surface area contributed by atoms with Crippen molar-refractivity contribution in [2.45, 2.75) is 19.3 Å². The highest BCUT2D eigenvalue weighted by atomic mass is 35.5. The predicted octanol–water partition coefficient (Wildman–Crippen LogP) is 4.93. The van der Waals surface area contributed by atoms with Gasteiger partial charge in [0.15, 0.2) is 0 Å². The fourth-order valence-electron chi connectivity index (χ4n) is 2.61. The molecule has 1 aromatic heterocycles. The Morgan fingerprint density at radius 1 is 1.14 bits per heavy atom. The van der Waals surface area contributed by atoms with Gasteiger partial charge in [-0.1, -0.05) is 35.9 Å². The second-order valence-corrected chi connectivity index (χ2v) is 6.74. The number of hydrogen-bond acceptors (Lipinski definition) is 2. The van der Waals surface area contributed by atoms with E-state index in [2.05, 4.69) is 10.3 Å². The van der Waals surface area contributed by atoms with Crippen molar-refractivity contribution < 1.29 is 18.0 Å². The minimum absolute atomic E-state index is 0.125. The molecule has 0 spiro atoms. The molecule has 0 atom stereocenters. The van der Waals surface area contributed by atoms with Crippen LogP contribution in [0.3, 0.4) is 0 Å². The van der Waals surface area contributed by atoms with Crippen LogP contribution in [0.5, 0.6) is 0 Å². The average molecular weight is 420 g/mol. The molecule has 1 N–H and O–H groups in total. The molecule has 0 aliphatic heterocycles. The Labute approximate surface area is 170 Å². The Bertz CT molecular complexity index is 997. The van der Waals surface area contributed by atoms with Crippen LogP contribution in [0.25, 0.3) is 6.08 Å². The van der Waals surface area contributed by atoms with E-state index in [4.69, 9.17) is 11.6 Å². The summed E-state index contributed by atoms with van der Waals surface area (Å²) in [7, 11) is 0. The number of aromatic nitrogens is 2. The van der Waals surface area contributed by atoms with E-state index >= 15 is 0 Å². The number of amides is 1. The van der Waals surface area contributed by atoms with Crippen LogP contribution in [0.15, 0.2) is 67.3 Å². The smallest absolute Gasteiger partial charge is 0.348 e. The Balaban J connectivity index is 1.56. The van der Waals surface area contributed by atoms with Gasteiger partial charge in [-0.15, -0.1) is 0 Å². The lowest BCUT2D eigenvalue weighted by Gasteiger charge is -2.08. The first-order valence-corrected chi connectivity index (χ1v) is 9.05. The van der Waals surface area contributed by atoms with Gasteiger partial charge in [0.25, 0.3) is 0 Å². The van der Waals surface area contributed by atoms with Gasteiger partial charge >= 0.3 is 6.18 Å². The maximum Gasteiger partial charge on any atom is 0.416 e. The van der Waals surface area contributed by atoms with E-state index in [9.17, 15) is 18.0 Å². The van der Waals surface area contributed by atoms with E-state index in [0.29, 0.717) is 13.1 Å². The first-order chi connectivity index (χ1) is 13.8. The Kier molecular flexibility index (Phi) is 6.39. The highest BCUT2D eigenvalue weighted by Crippen LogP contribution is 2.32. The molecule has 1 heterocycles. The standard InChI is InChI=1S/C21H17ClF3N3O/c22-19-7-6-18(21(23,24)25)11-17(19)5-8-20(29)27-12-15-1-3-16(4-2-15)13-28-10-9-26-14-28/h1-11,14H,12-13H2,(H,27,29)/b8-5+. The lowest BCUT2D eigenvalue weighted by Crippen LogP contribution is -2.20. The van der Waals surface area contributed by atoms with Crippen LogP contribution in [0, 0.1) is 0 Å². The fraction of sp³-hybridized carbons (Fsp3) is 0.143. The number of carbonyl (C=O) groups is 1. The van der Waals surface area contributed by atoms with Crippen LogP contribution in [0.2, 0.25) is 5.02 Å². The van der Waals surface area contributed by atoms with Crippen LogP contribution in [0.4, 0.5) is 13.2 Å². The van der Waals surface area contributed by atoms with Gasteiger partial charge in [-0.3, -0.25) is 4.79 Å². The topological polar surface area (TPSA) is 46.9 Å². The molecule has 1 amide bonds. The van der Waals surface area contributed by atoms with Crippen molar-refractivity contribution in [2.75, 3.05) is 0 Å². The van der Waals surface area contributed by atoms with Crippen molar-refractivity contribution in [1.29, 1.82) is 0 Å². The van der Waals surface area contributed by atoms with E-state index in [1.54, 1.807) is 12.5 Å². The SMILES string of the molecule is O=C(/C=C/c1cc(C(F)(F)F)ccc1Cl)NCc1ccc(Cn2ccnc2)cc1. The number of rotatable bonds is 6. The van der Waals surface area contributed by atoms with Crippen molar-refractivity contribution in [3.05, 3.63) is 94.5 Å². The van der Waals surface area contributed by atoms with Crippen molar-refractivity contribution in [2.24, 2.45) is 0 Å². The summed E-state index contributed by atoms with van der Waals surface area (Å²) in [6.07, 6.45) is 3.27. The van der Waals surface area contributed by atoms with Crippen molar-refractivity contribution >= 4 is 23.6 Å². The molecular formula is C21H17ClF3N3O. The summed E-state index contributed by atoms with van der Waals surface area (Å²) in [5.41, 5.74) is 1.30. The molecule has 0 saturated heterocycles. The molecule has 0 aliphatic rings. The van der Waals surface area contributed by atoms with E-state index in [0.717, 1.165) is 35.4 Å². The Morgan fingerprint density at radius 2 is 1.86 bits per heavy atom. The fourth-order valence-corrected chi connectivity index (χ4v) is 2.80. The van der Waals surface area contributed by atoms with Crippen LogP contribution >= 0.6 is 11.6 Å². The minimum atomic E-state index is -4.47. The largest absolute Gasteiger partial charge is 0.416 e. The molecule has 150 valence electrons. The van der Waals surface area contributed by atoms with E-state index < -0.39 is 17.6 Å². The average Bonchev–Trinajstić information content (AvgIpc) is 3.19. The summed E-state index contributed by atoms with van der Waals surface area (Å²) in [6, 6.07) is 10.7. The third-order valence-electron chi connectivity index (χ3n) is 4.15. The molecular weight excluding hydrogens is 403 g/mol. The van der Waals surface area contributed by atoms with Crippen LogP contribution in [0.1, 0.15) is 22.3 Å². The quantitative estimate of drug-likeness (QED) is 0.576. The number of hydrogen-bond donors (Lipinski definition) is 1. The summed E-state index contributed by atoms with van der Waals surface area (Å²) in [5, 5.41) is 2.83. The molecule has 4 nitrogen and oxygen atoms in total. The number of benzene rings is 2. The van der Waals surface area contributed by atoms with Crippen molar-refractivity contribution in [1.82, 2.24) is 14.9 Å². The van der Waals surface area contributed by atoms with Gasteiger partial charge < -0.3 is 9.88 Å². The maximum absolute atomic E-state index is 12.8. The number of alkyl halides is 3. The summed E-state index contributed by atoms with van der Waals surface area (Å²) >= 11 is 5.91. The molecule has 29 heavy (non-hydrogen) atoms. The number of nitrogens with zero attached hydrogens (tertiary/aromatic N) is 2. The normalized spacial score (nSPS) is 11.7. The summed E-state index contributed by atoms with van der Waals surface area (Å²) in [6.45, 7) is 0.998.